The Hall–Kier alpha value is -2.83. The Kier molecular flexibility index (Phi) is 4.71. The fourth-order valence-corrected chi connectivity index (χ4v) is 3.19. The summed E-state index contributed by atoms with van der Waals surface area (Å²) in [4.78, 5) is 12.3. The standard InChI is InChI=1S/C20H20F3N3O/c1-5-25-19(27)17(18(24-25)20(21,22)23)11-15-10-13(3)26(14(15)4)16-8-6-12(2)7-9-16/h6-11H,5H2,1-4H3. The molecule has 7 heteroatoms. The van der Waals surface area contributed by atoms with Crippen LogP contribution in [0, 0.1) is 20.8 Å². The van der Waals surface area contributed by atoms with Gasteiger partial charge in [-0.05, 0) is 57.5 Å². The fraction of sp³-hybridized carbons (Fsp3) is 0.300. The molecule has 0 atom stereocenters. The molecule has 0 saturated carbocycles. The molecule has 0 N–H and O–H groups in total. The van der Waals surface area contributed by atoms with Crippen molar-refractivity contribution in [1.82, 2.24) is 9.58 Å². The molecule has 0 fully saturated rings. The van der Waals surface area contributed by atoms with Crippen LogP contribution in [0.25, 0.3) is 11.8 Å². The number of nitrogens with zero attached hydrogens (tertiary/aromatic N) is 3. The monoisotopic (exact) mass is 375 g/mol. The van der Waals surface area contributed by atoms with Gasteiger partial charge >= 0.3 is 6.18 Å². The number of aromatic nitrogens is 1. The van der Waals surface area contributed by atoms with Gasteiger partial charge in [0.05, 0.1) is 5.57 Å². The number of carbonyl (C=O) groups is 1. The lowest BCUT2D eigenvalue weighted by molar-refractivity contribution is -0.125. The largest absolute Gasteiger partial charge is 0.435 e. The second-order valence-corrected chi connectivity index (χ2v) is 6.52. The normalized spacial score (nSPS) is 16.4. The zero-order valence-electron chi connectivity index (χ0n) is 15.6. The van der Waals surface area contributed by atoms with Crippen LogP contribution in [-0.2, 0) is 4.79 Å². The van der Waals surface area contributed by atoms with Gasteiger partial charge in [-0.3, -0.25) is 4.79 Å². The molecule has 1 aliphatic rings. The minimum absolute atomic E-state index is 0.0815. The smallest absolute Gasteiger partial charge is 0.318 e. The molecule has 1 aliphatic heterocycles. The van der Waals surface area contributed by atoms with E-state index in [1.807, 2.05) is 49.6 Å². The first-order valence-electron chi connectivity index (χ1n) is 8.59. The molecule has 2 aromatic rings. The fourth-order valence-electron chi connectivity index (χ4n) is 3.19. The second-order valence-electron chi connectivity index (χ2n) is 6.52. The predicted molar refractivity (Wildman–Crippen MR) is 98.8 cm³/mol. The summed E-state index contributed by atoms with van der Waals surface area (Å²) < 4.78 is 41.9. The van der Waals surface area contributed by atoms with Gasteiger partial charge in [-0.1, -0.05) is 17.7 Å². The number of likely N-dealkylation sites (N-methyl/N-ethyl adjacent to an activating group) is 1. The van der Waals surface area contributed by atoms with Gasteiger partial charge in [0.25, 0.3) is 5.91 Å². The Labute approximate surface area is 155 Å². The van der Waals surface area contributed by atoms with Crippen LogP contribution in [-0.4, -0.2) is 33.9 Å². The summed E-state index contributed by atoms with van der Waals surface area (Å²) in [5.41, 5.74) is 2.65. The van der Waals surface area contributed by atoms with Gasteiger partial charge in [-0.25, -0.2) is 5.01 Å². The number of hydrazone groups is 1. The van der Waals surface area contributed by atoms with Crippen molar-refractivity contribution in [3.63, 3.8) is 0 Å². The highest BCUT2D eigenvalue weighted by atomic mass is 19.4. The Morgan fingerprint density at radius 1 is 1.11 bits per heavy atom. The maximum Gasteiger partial charge on any atom is 0.435 e. The minimum atomic E-state index is -4.69. The molecule has 142 valence electrons. The molecule has 1 aromatic carbocycles. The first-order chi connectivity index (χ1) is 12.6. The van der Waals surface area contributed by atoms with Crippen LogP contribution < -0.4 is 0 Å². The highest BCUT2D eigenvalue weighted by Crippen LogP contribution is 2.31. The first-order valence-corrected chi connectivity index (χ1v) is 8.59. The lowest BCUT2D eigenvalue weighted by Crippen LogP contribution is -2.25. The Morgan fingerprint density at radius 2 is 1.74 bits per heavy atom. The van der Waals surface area contributed by atoms with E-state index in [4.69, 9.17) is 0 Å². The molecule has 1 aromatic heterocycles. The molecule has 4 nitrogen and oxygen atoms in total. The van der Waals surface area contributed by atoms with Crippen molar-refractivity contribution in [2.24, 2.45) is 5.10 Å². The van der Waals surface area contributed by atoms with Crippen LogP contribution in [0.1, 0.15) is 29.4 Å². The second kappa shape index (κ2) is 6.72. The van der Waals surface area contributed by atoms with Crippen molar-refractivity contribution >= 4 is 17.7 Å². The van der Waals surface area contributed by atoms with Gasteiger partial charge in [0, 0.05) is 23.6 Å². The number of alkyl halides is 3. The molecule has 0 bridgehead atoms. The molecule has 2 heterocycles. The molecule has 0 radical (unpaired) electrons. The average Bonchev–Trinajstić information content (AvgIpc) is 3.06. The Bertz CT molecular complexity index is 950. The summed E-state index contributed by atoms with van der Waals surface area (Å²) in [6.45, 7) is 7.35. The predicted octanol–water partition coefficient (Wildman–Crippen LogP) is 4.57. The first kappa shape index (κ1) is 18.9. The van der Waals surface area contributed by atoms with Crippen LogP contribution in [0.3, 0.4) is 0 Å². The zero-order valence-corrected chi connectivity index (χ0v) is 15.6. The summed E-state index contributed by atoms with van der Waals surface area (Å²) in [5.74, 6) is -0.732. The van der Waals surface area contributed by atoms with Crippen LogP contribution >= 0.6 is 0 Å². The molecule has 0 unspecified atom stereocenters. The van der Waals surface area contributed by atoms with E-state index in [1.54, 1.807) is 13.0 Å². The van der Waals surface area contributed by atoms with Crippen molar-refractivity contribution in [2.75, 3.05) is 6.54 Å². The number of carbonyl (C=O) groups excluding carboxylic acids is 1. The third kappa shape index (κ3) is 3.41. The van der Waals surface area contributed by atoms with Crippen LogP contribution in [0.2, 0.25) is 0 Å². The summed E-state index contributed by atoms with van der Waals surface area (Å²) in [7, 11) is 0. The topological polar surface area (TPSA) is 37.6 Å². The molecular formula is C20H20F3N3O. The lowest BCUT2D eigenvalue weighted by atomic mass is 10.1. The number of benzene rings is 1. The van der Waals surface area contributed by atoms with Gasteiger partial charge in [-0.15, -0.1) is 0 Å². The van der Waals surface area contributed by atoms with E-state index in [-0.39, 0.29) is 6.54 Å². The number of hydrogen-bond acceptors (Lipinski definition) is 2. The SMILES string of the molecule is CCN1N=C(C(F)(F)F)C(=Cc2cc(C)n(-c3ccc(C)cc3)c2C)C1=O. The van der Waals surface area contributed by atoms with Crippen molar-refractivity contribution in [2.45, 2.75) is 33.9 Å². The molecule has 0 spiro atoms. The highest BCUT2D eigenvalue weighted by Gasteiger charge is 2.46. The average molecular weight is 375 g/mol. The van der Waals surface area contributed by atoms with Crippen molar-refractivity contribution in [3.8, 4) is 5.69 Å². The van der Waals surface area contributed by atoms with Gasteiger partial charge in [0.1, 0.15) is 0 Å². The third-order valence-corrected chi connectivity index (χ3v) is 4.57. The summed E-state index contributed by atoms with van der Waals surface area (Å²) in [5, 5.41) is 4.30. The van der Waals surface area contributed by atoms with Gasteiger partial charge < -0.3 is 4.57 Å². The van der Waals surface area contributed by atoms with E-state index in [9.17, 15) is 18.0 Å². The molecular weight excluding hydrogens is 355 g/mol. The van der Waals surface area contributed by atoms with Gasteiger partial charge in [-0.2, -0.15) is 18.3 Å². The van der Waals surface area contributed by atoms with E-state index < -0.39 is 23.4 Å². The van der Waals surface area contributed by atoms with E-state index in [2.05, 4.69) is 5.10 Å². The summed E-state index contributed by atoms with van der Waals surface area (Å²) in [6.07, 6.45) is -3.40. The number of aryl methyl sites for hydroxylation is 2. The maximum absolute atomic E-state index is 13.3. The van der Waals surface area contributed by atoms with E-state index in [0.717, 1.165) is 27.6 Å². The molecule has 0 saturated heterocycles. The number of halogens is 3. The van der Waals surface area contributed by atoms with Crippen LogP contribution in [0.5, 0.6) is 0 Å². The van der Waals surface area contributed by atoms with E-state index in [1.165, 1.54) is 6.08 Å². The zero-order chi connectivity index (χ0) is 19.9. The minimum Gasteiger partial charge on any atom is -0.318 e. The van der Waals surface area contributed by atoms with E-state index in [0.29, 0.717) is 5.56 Å². The van der Waals surface area contributed by atoms with Crippen molar-refractivity contribution in [3.05, 3.63) is 58.4 Å². The maximum atomic E-state index is 13.3. The van der Waals surface area contributed by atoms with Crippen molar-refractivity contribution in [1.29, 1.82) is 0 Å². The van der Waals surface area contributed by atoms with Crippen LogP contribution in [0.15, 0.2) is 41.0 Å². The Morgan fingerprint density at radius 3 is 2.30 bits per heavy atom. The van der Waals surface area contributed by atoms with E-state index >= 15 is 0 Å². The molecule has 0 aliphatic carbocycles. The third-order valence-electron chi connectivity index (χ3n) is 4.57. The lowest BCUT2D eigenvalue weighted by Gasteiger charge is -2.10. The van der Waals surface area contributed by atoms with Crippen LogP contribution in [0.4, 0.5) is 13.2 Å². The van der Waals surface area contributed by atoms with Gasteiger partial charge in [0.15, 0.2) is 5.71 Å². The number of amides is 1. The summed E-state index contributed by atoms with van der Waals surface area (Å²) in [6, 6.07) is 9.63. The number of hydrogen-bond donors (Lipinski definition) is 0. The quantitative estimate of drug-likeness (QED) is 0.725. The van der Waals surface area contributed by atoms with Gasteiger partial charge in [0.2, 0.25) is 0 Å². The van der Waals surface area contributed by atoms with Crippen molar-refractivity contribution < 1.29 is 18.0 Å². The molecule has 1 amide bonds. The number of rotatable bonds is 3. The Balaban J connectivity index is 2.10. The highest BCUT2D eigenvalue weighted by molar-refractivity contribution is 6.29. The summed E-state index contributed by atoms with van der Waals surface area (Å²) >= 11 is 0. The molecule has 27 heavy (non-hydrogen) atoms. The molecule has 3 rings (SSSR count).